The highest BCUT2D eigenvalue weighted by Gasteiger charge is 2.04. The predicted molar refractivity (Wildman–Crippen MR) is 56.8 cm³/mol. The fraction of sp³-hybridized carbons (Fsp3) is 0. The van der Waals surface area contributed by atoms with E-state index < -0.39 is 0 Å². The Bertz CT molecular complexity index is 668. The molecule has 0 aliphatic heterocycles. The lowest BCUT2D eigenvalue weighted by molar-refractivity contribution is 1.24. The SMILES string of the molecule is O=c1sccn2c1nc1ccccc12. The molecule has 2 aromatic heterocycles. The van der Waals surface area contributed by atoms with Gasteiger partial charge in [0.1, 0.15) is 0 Å². The summed E-state index contributed by atoms with van der Waals surface area (Å²) >= 11 is 1.17. The molecule has 3 aromatic rings. The quantitative estimate of drug-likeness (QED) is 0.558. The van der Waals surface area contributed by atoms with E-state index in [9.17, 15) is 4.79 Å². The van der Waals surface area contributed by atoms with Gasteiger partial charge in [-0.25, -0.2) is 4.98 Å². The number of para-hydroxylation sites is 2. The molecule has 0 amide bonds. The van der Waals surface area contributed by atoms with Crippen molar-refractivity contribution in [1.29, 1.82) is 0 Å². The Balaban J connectivity index is 2.70. The minimum Gasteiger partial charge on any atom is -0.295 e. The standard InChI is InChI=1S/C10H6N2OS/c13-10-9-11-7-3-1-2-4-8(7)12(9)5-6-14-10/h1-6H. The average molecular weight is 202 g/mol. The van der Waals surface area contributed by atoms with E-state index in [4.69, 9.17) is 0 Å². The number of rotatable bonds is 0. The maximum Gasteiger partial charge on any atom is 0.275 e. The third kappa shape index (κ3) is 0.914. The van der Waals surface area contributed by atoms with Crippen LogP contribution in [0, 0.1) is 0 Å². The first kappa shape index (κ1) is 7.70. The first-order chi connectivity index (χ1) is 6.86. The van der Waals surface area contributed by atoms with Crippen molar-refractivity contribution in [2.24, 2.45) is 0 Å². The van der Waals surface area contributed by atoms with Gasteiger partial charge >= 0.3 is 0 Å². The van der Waals surface area contributed by atoms with Gasteiger partial charge < -0.3 is 0 Å². The van der Waals surface area contributed by atoms with Crippen molar-refractivity contribution >= 4 is 28.0 Å². The van der Waals surface area contributed by atoms with Crippen molar-refractivity contribution in [3.05, 3.63) is 45.4 Å². The zero-order chi connectivity index (χ0) is 9.54. The predicted octanol–water partition coefficient (Wildman–Crippen LogP) is 1.91. The number of benzene rings is 1. The van der Waals surface area contributed by atoms with Crippen molar-refractivity contribution in [2.45, 2.75) is 0 Å². The molecule has 3 nitrogen and oxygen atoms in total. The van der Waals surface area contributed by atoms with E-state index >= 15 is 0 Å². The van der Waals surface area contributed by atoms with Crippen molar-refractivity contribution < 1.29 is 0 Å². The van der Waals surface area contributed by atoms with Crippen LogP contribution in [-0.2, 0) is 0 Å². The second-order valence-corrected chi connectivity index (χ2v) is 3.86. The number of hydrogen-bond acceptors (Lipinski definition) is 3. The molecule has 0 aliphatic carbocycles. The molecule has 0 bridgehead atoms. The smallest absolute Gasteiger partial charge is 0.275 e. The highest BCUT2D eigenvalue weighted by molar-refractivity contribution is 7.07. The minimum atomic E-state index is 0.00343. The molecule has 0 atom stereocenters. The maximum atomic E-state index is 11.5. The molecule has 3 rings (SSSR count). The highest BCUT2D eigenvalue weighted by Crippen LogP contribution is 2.13. The molecular formula is C10H6N2OS. The molecule has 0 N–H and O–H groups in total. The molecule has 0 saturated carbocycles. The molecule has 0 spiro atoms. The van der Waals surface area contributed by atoms with Gasteiger partial charge in [0.05, 0.1) is 11.0 Å². The fourth-order valence-corrected chi connectivity index (χ4v) is 2.10. The molecule has 0 fully saturated rings. The topological polar surface area (TPSA) is 34.4 Å². The van der Waals surface area contributed by atoms with Crippen molar-refractivity contribution in [3.63, 3.8) is 0 Å². The lowest BCUT2D eigenvalue weighted by Crippen LogP contribution is -1.98. The summed E-state index contributed by atoms with van der Waals surface area (Å²) in [5, 5.41) is 1.78. The van der Waals surface area contributed by atoms with E-state index in [1.165, 1.54) is 11.3 Å². The van der Waals surface area contributed by atoms with Gasteiger partial charge in [-0.1, -0.05) is 23.5 Å². The van der Waals surface area contributed by atoms with E-state index in [1.54, 1.807) is 5.38 Å². The van der Waals surface area contributed by atoms with Crippen LogP contribution in [0.3, 0.4) is 0 Å². The van der Waals surface area contributed by atoms with Crippen molar-refractivity contribution in [3.8, 4) is 0 Å². The summed E-state index contributed by atoms with van der Waals surface area (Å²) in [7, 11) is 0. The van der Waals surface area contributed by atoms with Crippen molar-refractivity contribution in [1.82, 2.24) is 9.38 Å². The molecule has 68 valence electrons. The first-order valence-corrected chi connectivity index (χ1v) is 5.09. The molecule has 4 heteroatoms. The second-order valence-electron chi connectivity index (χ2n) is 2.98. The van der Waals surface area contributed by atoms with Crippen LogP contribution in [0.4, 0.5) is 0 Å². The van der Waals surface area contributed by atoms with Gasteiger partial charge in [0.15, 0.2) is 5.65 Å². The summed E-state index contributed by atoms with van der Waals surface area (Å²) in [5.41, 5.74) is 2.36. The monoisotopic (exact) mass is 202 g/mol. The molecule has 0 radical (unpaired) electrons. The molecule has 0 saturated heterocycles. The molecule has 0 aliphatic rings. The van der Waals surface area contributed by atoms with Gasteiger partial charge in [-0.15, -0.1) is 0 Å². The largest absolute Gasteiger partial charge is 0.295 e. The van der Waals surface area contributed by atoms with Crippen LogP contribution in [0.15, 0.2) is 40.6 Å². The fourth-order valence-electron chi connectivity index (χ4n) is 1.55. The average Bonchev–Trinajstić information content (AvgIpc) is 2.59. The van der Waals surface area contributed by atoms with Crippen LogP contribution in [0.5, 0.6) is 0 Å². The van der Waals surface area contributed by atoms with Gasteiger partial charge in [-0.05, 0) is 12.1 Å². The summed E-state index contributed by atoms with van der Waals surface area (Å²) in [4.78, 5) is 15.8. The summed E-state index contributed by atoms with van der Waals surface area (Å²) in [5.74, 6) is 0. The van der Waals surface area contributed by atoms with E-state index in [0.29, 0.717) is 5.65 Å². The van der Waals surface area contributed by atoms with E-state index in [-0.39, 0.29) is 4.74 Å². The summed E-state index contributed by atoms with van der Waals surface area (Å²) in [6, 6.07) is 7.73. The van der Waals surface area contributed by atoms with Crippen LogP contribution < -0.4 is 4.74 Å². The Kier molecular flexibility index (Phi) is 1.46. The van der Waals surface area contributed by atoms with Crippen LogP contribution in [-0.4, -0.2) is 9.38 Å². The van der Waals surface area contributed by atoms with Crippen LogP contribution in [0.2, 0.25) is 0 Å². The summed E-state index contributed by atoms with van der Waals surface area (Å²) < 4.78 is 1.83. The third-order valence-electron chi connectivity index (χ3n) is 2.16. The van der Waals surface area contributed by atoms with Gasteiger partial charge in [0.2, 0.25) is 0 Å². The Hall–Kier alpha value is -1.68. The number of nitrogens with zero attached hydrogens (tertiary/aromatic N) is 2. The van der Waals surface area contributed by atoms with Crippen LogP contribution in [0.25, 0.3) is 16.7 Å². The number of hydrogen-bond donors (Lipinski definition) is 0. The van der Waals surface area contributed by atoms with Crippen LogP contribution >= 0.6 is 11.3 Å². The normalized spacial score (nSPS) is 11.1. The van der Waals surface area contributed by atoms with Crippen molar-refractivity contribution in [2.75, 3.05) is 0 Å². The van der Waals surface area contributed by atoms with E-state index in [2.05, 4.69) is 4.98 Å². The Morgan fingerprint density at radius 2 is 2.14 bits per heavy atom. The second kappa shape index (κ2) is 2.65. The number of imidazole rings is 1. The van der Waals surface area contributed by atoms with E-state index in [0.717, 1.165) is 11.0 Å². The maximum absolute atomic E-state index is 11.5. The van der Waals surface area contributed by atoms with Gasteiger partial charge in [-0.2, -0.15) is 0 Å². The van der Waals surface area contributed by atoms with Gasteiger partial charge in [0.25, 0.3) is 4.74 Å². The molecular weight excluding hydrogens is 196 g/mol. The summed E-state index contributed by atoms with van der Waals surface area (Å²) in [6.07, 6.45) is 1.87. The molecule has 1 aromatic carbocycles. The third-order valence-corrected chi connectivity index (χ3v) is 2.82. The Morgan fingerprint density at radius 3 is 3.07 bits per heavy atom. The zero-order valence-electron chi connectivity index (χ0n) is 7.18. The highest BCUT2D eigenvalue weighted by atomic mass is 32.1. The molecule has 0 unspecified atom stereocenters. The Morgan fingerprint density at radius 1 is 1.29 bits per heavy atom. The van der Waals surface area contributed by atoms with E-state index in [1.807, 2.05) is 34.9 Å². The molecule has 14 heavy (non-hydrogen) atoms. The first-order valence-electron chi connectivity index (χ1n) is 4.21. The summed E-state index contributed by atoms with van der Waals surface area (Å²) in [6.45, 7) is 0. The number of aromatic nitrogens is 2. The van der Waals surface area contributed by atoms with Gasteiger partial charge in [-0.3, -0.25) is 9.20 Å². The number of fused-ring (bicyclic) bond motifs is 3. The molecule has 2 heterocycles. The Labute approximate surface area is 83.3 Å². The minimum absolute atomic E-state index is 0.00343. The zero-order valence-corrected chi connectivity index (χ0v) is 7.99. The lowest BCUT2D eigenvalue weighted by Gasteiger charge is -1.90. The van der Waals surface area contributed by atoms with Gasteiger partial charge in [0, 0.05) is 11.6 Å². The van der Waals surface area contributed by atoms with Crippen LogP contribution in [0.1, 0.15) is 0 Å². The lowest BCUT2D eigenvalue weighted by atomic mass is 10.3.